The molecular formula is C33H27Cl2F3N6O5. The second-order valence-corrected chi connectivity index (χ2v) is 12.2. The van der Waals surface area contributed by atoms with Gasteiger partial charge in [0.25, 0.3) is 17.3 Å². The highest BCUT2D eigenvalue weighted by Crippen LogP contribution is 2.33. The maximum absolute atomic E-state index is 14.3. The van der Waals surface area contributed by atoms with E-state index in [0.29, 0.717) is 38.5 Å². The molecule has 1 unspecified atom stereocenters. The molecule has 0 radical (unpaired) electrons. The number of rotatable bonds is 6. The number of carbonyl (C=O) groups is 2. The number of amides is 2. The molecule has 2 atom stereocenters. The Balaban J connectivity index is 1.42. The molecule has 1 aliphatic rings. The Morgan fingerprint density at radius 2 is 1.80 bits per heavy atom. The van der Waals surface area contributed by atoms with Crippen LogP contribution in [0.1, 0.15) is 52.6 Å². The third kappa shape index (κ3) is 6.65. The van der Waals surface area contributed by atoms with Gasteiger partial charge in [-0.15, -0.1) is 0 Å². The first-order valence-electron chi connectivity index (χ1n) is 14.9. The van der Waals surface area contributed by atoms with Crippen molar-refractivity contribution in [1.29, 1.82) is 0 Å². The Bertz CT molecular complexity index is 2150. The second kappa shape index (κ2) is 13.1. The van der Waals surface area contributed by atoms with Crippen LogP contribution in [-0.2, 0) is 19.1 Å². The summed E-state index contributed by atoms with van der Waals surface area (Å²) >= 11 is 12.2. The lowest BCUT2D eigenvalue weighted by Gasteiger charge is -2.35. The number of benzene rings is 3. The molecule has 16 heteroatoms. The molecule has 11 nitrogen and oxygen atoms in total. The Labute approximate surface area is 286 Å². The molecule has 0 saturated heterocycles. The van der Waals surface area contributed by atoms with E-state index in [1.54, 1.807) is 30.0 Å². The number of fused-ring (bicyclic) bond motifs is 2. The van der Waals surface area contributed by atoms with Crippen molar-refractivity contribution in [1.82, 2.24) is 24.9 Å². The number of nitrogens with zero attached hydrogens (tertiary/aromatic N) is 4. The monoisotopic (exact) mass is 714 g/mol. The lowest BCUT2D eigenvalue weighted by molar-refractivity contribution is -0.137. The second-order valence-electron chi connectivity index (χ2n) is 11.4. The summed E-state index contributed by atoms with van der Waals surface area (Å²) in [4.78, 5) is 46.0. The van der Waals surface area contributed by atoms with E-state index in [-0.39, 0.29) is 41.3 Å². The van der Waals surface area contributed by atoms with E-state index in [2.05, 4.69) is 15.8 Å². The summed E-state index contributed by atoms with van der Waals surface area (Å²) in [5.74, 6) is -0.346. The molecule has 254 valence electrons. The van der Waals surface area contributed by atoms with Gasteiger partial charge in [-0.2, -0.15) is 13.2 Å². The Morgan fingerprint density at radius 1 is 1.06 bits per heavy atom. The number of alkyl halides is 3. The van der Waals surface area contributed by atoms with Crippen LogP contribution in [-0.4, -0.2) is 44.7 Å². The fourth-order valence-corrected chi connectivity index (χ4v) is 5.85. The first-order chi connectivity index (χ1) is 23.2. The van der Waals surface area contributed by atoms with E-state index >= 15 is 0 Å². The molecule has 2 aromatic heterocycles. The van der Waals surface area contributed by atoms with Gasteiger partial charge in [0.05, 0.1) is 45.0 Å². The molecule has 0 bridgehead atoms. The molecular weight excluding hydrogens is 688 g/mol. The first-order valence-corrected chi connectivity index (χ1v) is 15.6. The minimum Gasteiger partial charge on any atom is -0.387 e. The van der Waals surface area contributed by atoms with Crippen molar-refractivity contribution in [2.24, 2.45) is 0 Å². The normalized spacial score (nSPS) is 15.1. The van der Waals surface area contributed by atoms with Crippen molar-refractivity contribution in [3.8, 4) is 11.6 Å². The number of hydrogen-bond acceptors (Lipinski definition) is 8. The van der Waals surface area contributed by atoms with E-state index in [4.69, 9.17) is 37.4 Å². The van der Waals surface area contributed by atoms with Gasteiger partial charge < -0.3 is 24.8 Å². The summed E-state index contributed by atoms with van der Waals surface area (Å²) in [6.07, 6.45) is -5.07. The molecule has 1 aliphatic heterocycles. The largest absolute Gasteiger partial charge is 0.416 e. The van der Waals surface area contributed by atoms with Gasteiger partial charge in [0.1, 0.15) is 0 Å². The summed E-state index contributed by atoms with van der Waals surface area (Å²) in [5.41, 5.74) is 0.825. The highest BCUT2D eigenvalue weighted by molar-refractivity contribution is 6.42. The van der Waals surface area contributed by atoms with Gasteiger partial charge in [-0.05, 0) is 73.5 Å². The Morgan fingerprint density at radius 3 is 2.47 bits per heavy atom. The summed E-state index contributed by atoms with van der Waals surface area (Å²) in [6, 6.07) is 12.9. The highest BCUT2D eigenvalue weighted by Gasteiger charge is 2.33. The third-order valence-corrected chi connectivity index (χ3v) is 8.94. The number of aromatic nitrogens is 3. The number of anilines is 1. The zero-order chi connectivity index (χ0) is 35.2. The maximum Gasteiger partial charge on any atom is 0.416 e. The van der Waals surface area contributed by atoms with E-state index in [0.717, 1.165) is 12.1 Å². The first kappa shape index (κ1) is 33.8. The van der Waals surface area contributed by atoms with Gasteiger partial charge in [-0.25, -0.2) is 14.3 Å². The van der Waals surface area contributed by atoms with Crippen LogP contribution in [0.25, 0.3) is 16.7 Å². The van der Waals surface area contributed by atoms with Gasteiger partial charge in [0.2, 0.25) is 5.95 Å². The van der Waals surface area contributed by atoms with Gasteiger partial charge in [-0.1, -0.05) is 35.3 Å². The van der Waals surface area contributed by atoms with Crippen molar-refractivity contribution in [3.05, 3.63) is 109 Å². The summed E-state index contributed by atoms with van der Waals surface area (Å²) in [5, 5.41) is 10.2. The molecule has 3 heterocycles. The molecule has 2 N–H and O–H groups in total. The predicted molar refractivity (Wildman–Crippen MR) is 175 cm³/mol. The minimum absolute atomic E-state index is 0.00364. The van der Waals surface area contributed by atoms with Crippen LogP contribution in [0.3, 0.4) is 0 Å². The molecule has 3 aromatic carbocycles. The van der Waals surface area contributed by atoms with E-state index in [1.807, 2.05) is 6.92 Å². The van der Waals surface area contributed by atoms with E-state index < -0.39 is 35.5 Å². The quantitative estimate of drug-likeness (QED) is 0.189. The molecule has 0 saturated carbocycles. The lowest BCUT2D eigenvalue weighted by atomic mass is 9.98. The zero-order valence-electron chi connectivity index (χ0n) is 26.1. The molecule has 0 spiro atoms. The van der Waals surface area contributed by atoms with Crippen LogP contribution in [0.5, 0.6) is 5.88 Å². The van der Waals surface area contributed by atoms with Crippen LogP contribution in [0.15, 0.2) is 70.0 Å². The van der Waals surface area contributed by atoms with Crippen LogP contribution < -0.4 is 20.9 Å². The minimum atomic E-state index is -4.50. The molecule has 49 heavy (non-hydrogen) atoms. The third-order valence-electron chi connectivity index (χ3n) is 8.20. The van der Waals surface area contributed by atoms with Crippen LogP contribution in [0.2, 0.25) is 10.0 Å². The molecule has 0 fully saturated rings. The Hall–Kier alpha value is -5.08. The Kier molecular flexibility index (Phi) is 9.03. The number of halogens is 5. The summed E-state index contributed by atoms with van der Waals surface area (Å²) < 4.78 is 51.5. The van der Waals surface area contributed by atoms with Crippen LogP contribution in [0, 0.1) is 0 Å². The summed E-state index contributed by atoms with van der Waals surface area (Å²) in [7, 11) is 1.39. The SMILES string of the molecule is CNC(=O)Oc1noc2cc(-n3c(NC(C)c4ccc(C(F)(F)F)cc4)nc4c(c3=O)C[C@@H](C)N(C(=O)c3ccc(Cl)c(Cl)c3)C4)ccc12. The number of hydrogen-bond donors (Lipinski definition) is 2. The van der Waals surface area contributed by atoms with Crippen molar-refractivity contribution in [2.75, 3.05) is 12.4 Å². The molecule has 5 aromatic rings. The number of carbonyl (C=O) groups excluding carboxylic acids is 2. The van der Waals surface area contributed by atoms with E-state index in [1.165, 1.54) is 41.9 Å². The van der Waals surface area contributed by atoms with Gasteiger partial charge in [0, 0.05) is 30.3 Å². The van der Waals surface area contributed by atoms with Crippen molar-refractivity contribution in [3.63, 3.8) is 0 Å². The van der Waals surface area contributed by atoms with Crippen LogP contribution in [0.4, 0.5) is 23.9 Å². The zero-order valence-corrected chi connectivity index (χ0v) is 27.6. The summed E-state index contributed by atoms with van der Waals surface area (Å²) in [6.45, 7) is 3.52. The van der Waals surface area contributed by atoms with Gasteiger partial charge >= 0.3 is 12.3 Å². The molecule has 2 amide bonds. The number of ether oxygens (including phenoxy) is 1. The molecule has 0 aliphatic carbocycles. The topological polar surface area (TPSA) is 132 Å². The maximum atomic E-state index is 14.3. The standard InChI is InChI=1S/C33H27Cl2F3N6O5/c1-16-12-23-26(15-43(16)29(45)19-6-11-24(34)25(35)13-19)41-31(40-17(2)18-4-7-20(8-5-18)33(36,37)38)44(30(23)46)21-9-10-22-27(14-21)49-42-28(22)48-32(47)39-3/h4-11,13-14,16-17H,12,15H2,1-3H3,(H,39,47)(H,40,41)/t16-,17?/m1/s1. The molecule has 6 rings (SSSR count). The average Bonchev–Trinajstić information content (AvgIpc) is 3.47. The van der Waals surface area contributed by atoms with Gasteiger partial charge in [0.15, 0.2) is 5.58 Å². The van der Waals surface area contributed by atoms with E-state index in [9.17, 15) is 27.6 Å². The van der Waals surface area contributed by atoms with Crippen molar-refractivity contribution in [2.45, 2.75) is 45.1 Å². The number of nitrogens with one attached hydrogen (secondary N) is 2. The van der Waals surface area contributed by atoms with Crippen LogP contribution >= 0.6 is 23.2 Å². The van der Waals surface area contributed by atoms with Gasteiger partial charge in [-0.3, -0.25) is 9.59 Å². The predicted octanol–water partition coefficient (Wildman–Crippen LogP) is 7.18. The average molecular weight is 716 g/mol. The van der Waals surface area contributed by atoms with Crippen molar-refractivity contribution < 1.29 is 32.0 Å². The highest BCUT2D eigenvalue weighted by atomic mass is 35.5. The fraction of sp³-hybridized carbons (Fsp3) is 0.242. The van der Waals surface area contributed by atoms with Crippen molar-refractivity contribution >= 4 is 52.1 Å². The smallest absolute Gasteiger partial charge is 0.387 e. The lowest BCUT2D eigenvalue weighted by Crippen LogP contribution is -2.46. The fourth-order valence-electron chi connectivity index (χ4n) is 5.55.